The number of rotatable bonds is 10. The van der Waals surface area contributed by atoms with Crippen LogP contribution in [0.3, 0.4) is 0 Å². The third-order valence-electron chi connectivity index (χ3n) is 3.46. The van der Waals surface area contributed by atoms with Crippen LogP contribution in [0.25, 0.3) is 0 Å². The molecule has 0 aliphatic rings. The van der Waals surface area contributed by atoms with Crippen molar-refractivity contribution in [1.29, 1.82) is 0 Å². The van der Waals surface area contributed by atoms with Crippen LogP contribution in [0, 0.1) is 11.8 Å². The van der Waals surface area contributed by atoms with Gasteiger partial charge in [0.2, 0.25) is 0 Å². The fraction of sp³-hybridized carbons (Fsp3) is 0.875. The maximum Gasteiger partial charge on any atom is 2.00 e. The van der Waals surface area contributed by atoms with Crippen LogP contribution >= 0.6 is 0 Å². The van der Waals surface area contributed by atoms with Crippen molar-refractivity contribution >= 4 is 60.8 Å². The van der Waals surface area contributed by atoms with Crippen molar-refractivity contribution in [2.45, 2.75) is 79.1 Å². The summed E-state index contributed by atoms with van der Waals surface area (Å²) in [7, 11) is 0. The molecule has 0 heterocycles. The van der Waals surface area contributed by atoms with E-state index in [-0.39, 0.29) is 60.7 Å². The van der Waals surface area contributed by atoms with E-state index in [2.05, 4.69) is 13.8 Å². The quantitative estimate of drug-likeness (QED) is 0.499. The molecule has 0 radical (unpaired) electrons. The molecule has 120 valence electrons. The minimum Gasteiger partial charge on any atom is -0.550 e. The van der Waals surface area contributed by atoms with E-state index in [1.54, 1.807) is 0 Å². The second-order valence-electron chi connectivity index (χ2n) is 5.13. The molecule has 5 heteroatoms. The number of unbranched alkanes of at least 4 members (excludes halogenated alkanes) is 2. The van der Waals surface area contributed by atoms with Gasteiger partial charge in [-0.1, -0.05) is 53.4 Å². The van der Waals surface area contributed by atoms with E-state index in [1.165, 1.54) is 0 Å². The first-order chi connectivity index (χ1) is 9.44. The molecule has 0 aliphatic carbocycles. The smallest absolute Gasteiger partial charge is 0.550 e. The fourth-order valence-corrected chi connectivity index (χ4v) is 1.88. The average molecular weight is 424 g/mol. The molecule has 0 fully saturated rings. The zero-order valence-corrected chi connectivity index (χ0v) is 18.6. The summed E-state index contributed by atoms with van der Waals surface area (Å²) in [5.41, 5.74) is 0. The van der Waals surface area contributed by atoms with Crippen LogP contribution in [-0.2, 0) is 9.59 Å². The third-order valence-corrected chi connectivity index (χ3v) is 3.46. The van der Waals surface area contributed by atoms with E-state index in [1.807, 2.05) is 13.8 Å². The Morgan fingerprint density at radius 3 is 1.19 bits per heavy atom. The van der Waals surface area contributed by atoms with Gasteiger partial charge in [-0.15, -0.1) is 0 Å². The summed E-state index contributed by atoms with van der Waals surface area (Å²) in [5, 5.41) is 20.7. The Labute approximate surface area is 170 Å². The maximum atomic E-state index is 10.3. The van der Waals surface area contributed by atoms with E-state index in [9.17, 15) is 19.8 Å². The molecule has 0 spiro atoms. The Morgan fingerprint density at radius 2 is 1.05 bits per heavy atom. The van der Waals surface area contributed by atoms with Crippen molar-refractivity contribution in [3.8, 4) is 0 Å². The Hall–Kier alpha value is 0.511. The molecule has 0 aliphatic heterocycles. The first-order valence-electron chi connectivity index (χ1n) is 7.86. The standard InChI is InChI=1S/2C8H16O2.Ba/c2*1-3-5-6-7(4-2)8(9)10;/h2*7H,3-6H2,1-2H3,(H,9,10);/q;;+2/p-2. The van der Waals surface area contributed by atoms with E-state index in [4.69, 9.17) is 0 Å². The van der Waals surface area contributed by atoms with Gasteiger partial charge in [-0.2, -0.15) is 0 Å². The molecule has 0 rings (SSSR count). The summed E-state index contributed by atoms with van der Waals surface area (Å²) >= 11 is 0. The second-order valence-corrected chi connectivity index (χ2v) is 5.13. The topological polar surface area (TPSA) is 80.3 Å². The number of carboxylic acids is 2. The van der Waals surface area contributed by atoms with Gasteiger partial charge in [0.15, 0.2) is 0 Å². The average Bonchev–Trinajstić information content (AvgIpc) is 2.40. The molecule has 0 aromatic rings. The SMILES string of the molecule is CCCCC(CC)C(=O)[O-].CCCCC(CC)C(=O)[O-].[Ba+2]. The molecule has 0 saturated carbocycles. The first-order valence-corrected chi connectivity index (χ1v) is 7.86. The molecule has 2 atom stereocenters. The van der Waals surface area contributed by atoms with Crippen LogP contribution in [0.15, 0.2) is 0 Å². The maximum absolute atomic E-state index is 10.3. The van der Waals surface area contributed by atoms with Crippen LogP contribution in [-0.4, -0.2) is 60.8 Å². The Kier molecular flexibility index (Phi) is 23.3. The summed E-state index contributed by atoms with van der Waals surface area (Å²) in [4.78, 5) is 20.7. The van der Waals surface area contributed by atoms with Gasteiger partial charge in [0.05, 0.1) is 0 Å². The molecule has 0 amide bonds. The van der Waals surface area contributed by atoms with Gasteiger partial charge in [0.1, 0.15) is 0 Å². The normalized spacial score (nSPS) is 12.4. The van der Waals surface area contributed by atoms with Crippen LogP contribution in [0.4, 0.5) is 0 Å². The van der Waals surface area contributed by atoms with E-state index in [0.29, 0.717) is 12.8 Å². The predicted molar refractivity (Wildman–Crippen MR) is 82.4 cm³/mol. The summed E-state index contributed by atoms with van der Waals surface area (Å²) in [6.07, 6.45) is 7.04. The van der Waals surface area contributed by atoms with Gasteiger partial charge in [-0.25, -0.2) is 0 Å². The molecular formula is C16H30BaO4. The number of aliphatic carboxylic acids is 2. The van der Waals surface area contributed by atoms with Crippen molar-refractivity contribution in [1.82, 2.24) is 0 Å². The molecule has 0 bridgehead atoms. The first kappa shape index (κ1) is 26.4. The van der Waals surface area contributed by atoms with Crippen LogP contribution < -0.4 is 10.2 Å². The minimum absolute atomic E-state index is 0. The van der Waals surface area contributed by atoms with E-state index >= 15 is 0 Å². The Morgan fingerprint density at radius 1 is 0.762 bits per heavy atom. The number of carboxylic acid groups (broad SMARTS) is 2. The molecule has 0 aromatic carbocycles. The van der Waals surface area contributed by atoms with Gasteiger partial charge in [0, 0.05) is 11.9 Å². The van der Waals surface area contributed by atoms with Crippen molar-refractivity contribution in [2.75, 3.05) is 0 Å². The van der Waals surface area contributed by atoms with Gasteiger partial charge in [-0.05, 0) is 37.5 Å². The van der Waals surface area contributed by atoms with Crippen molar-refractivity contribution in [3.63, 3.8) is 0 Å². The molecular weight excluding hydrogens is 394 g/mol. The largest absolute Gasteiger partial charge is 2.00 e. The number of hydrogen-bond donors (Lipinski definition) is 0. The Balaban J connectivity index is -0.000000295. The van der Waals surface area contributed by atoms with Crippen molar-refractivity contribution in [2.24, 2.45) is 11.8 Å². The summed E-state index contributed by atoms with van der Waals surface area (Å²) in [6, 6.07) is 0. The minimum atomic E-state index is -0.893. The Bertz CT molecular complexity index is 231. The van der Waals surface area contributed by atoms with E-state index < -0.39 is 11.9 Å². The van der Waals surface area contributed by atoms with Crippen molar-refractivity contribution in [3.05, 3.63) is 0 Å². The zero-order chi connectivity index (χ0) is 16.0. The second kappa shape index (κ2) is 18.6. The van der Waals surface area contributed by atoms with Crippen molar-refractivity contribution < 1.29 is 19.8 Å². The molecule has 4 nitrogen and oxygen atoms in total. The predicted octanol–water partition coefficient (Wildman–Crippen LogP) is 1.52. The van der Waals surface area contributed by atoms with Crippen LogP contribution in [0.5, 0.6) is 0 Å². The number of carbonyl (C=O) groups is 2. The van der Waals surface area contributed by atoms with Gasteiger partial charge in [-0.3, -0.25) is 0 Å². The molecule has 21 heavy (non-hydrogen) atoms. The van der Waals surface area contributed by atoms with Gasteiger partial charge >= 0.3 is 48.9 Å². The third kappa shape index (κ3) is 16.7. The van der Waals surface area contributed by atoms with Gasteiger partial charge in [0.25, 0.3) is 0 Å². The molecule has 2 unspecified atom stereocenters. The molecule has 0 N–H and O–H groups in total. The zero-order valence-electron chi connectivity index (χ0n) is 14.2. The monoisotopic (exact) mass is 424 g/mol. The fourth-order valence-electron chi connectivity index (χ4n) is 1.88. The van der Waals surface area contributed by atoms with Crippen LogP contribution in [0.2, 0.25) is 0 Å². The number of carbonyl (C=O) groups excluding carboxylic acids is 2. The summed E-state index contributed by atoms with van der Waals surface area (Å²) in [6.45, 7) is 7.89. The van der Waals surface area contributed by atoms with Gasteiger partial charge < -0.3 is 19.8 Å². The van der Waals surface area contributed by atoms with Crippen LogP contribution in [0.1, 0.15) is 79.1 Å². The summed E-state index contributed by atoms with van der Waals surface area (Å²) in [5.74, 6) is -2.23. The van der Waals surface area contributed by atoms with E-state index in [0.717, 1.165) is 38.5 Å². The molecule has 0 saturated heterocycles. The molecule has 0 aromatic heterocycles. The number of hydrogen-bond acceptors (Lipinski definition) is 4. The summed E-state index contributed by atoms with van der Waals surface area (Å²) < 4.78 is 0.